The van der Waals surface area contributed by atoms with Gasteiger partial charge in [0, 0.05) is 44.1 Å². The predicted molar refractivity (Wildman–Crippen MR) is 212 cm³/mol. The average Bonchev–Trinajstić information content (AvgIpc) is 3.22. The van der Waals surface area contributed by atoms with Crippen LogP contribution >= 0.6 is 11.6 Å². The molecule has 1 amide bonds. The number of ether oxygens (including phenoxy) is 6. The van der Waals surface area contributed by atoms with Crippen LogP contribution in [0.25, 0.3) is 0 Å². The molecule has 1 aromatic rings. The number of amides is 1. The van der Waals surface area contributed by atoms with Gasteiger partial charge >= 0.3 is 6.09 Å². The molecule has 56 heavy (non-hydrogen) atoms. The van der Waals surface area contributed by atoms with Gasteiger partial charge in [-0.25, -0.2) is 4.79 Å². The molecule has 1 saturated carbocycles. The molecule has 0 aromatic heterocycles. The van der Waals surface area contributed by atoms with Crippen LogP contribution in [0.5, 0.6) is 11.5 Å². The summed E-state index contributed by atoms with van der Waals surface area (Å²) < 4.78 is 37.6. The molecule has 2 heterocycles. The maximum Gasteiger partial charge on any atom is 0.410 e. The summed E-state index contributed by atoms with van der Waals surface area (Å²) in [6.07, 6.45) is 11.9. The van der Waals surface area contributed by atoms with Crippen LogP contribution in [-0.4, -0.2) is 122 Å². The van der Waals surface area contributed by atoms with Gasteiger partial charge < -0.3 is 48.6 Å². The molecular weight excluding hydrogens is 744 g/mol. The molecule has 13 nitrogen and oxygen atoms in total. The fraction of sp³-hybridized carbons (Fsp3) is 0.667. The molecule has 312 valence electrons. The van der Waals surface area contributed by atoms with E-state index in [2.05, 4.69) is 19.2 Å². The number of alkyl halides is 1. The summed E-state index contributed by atoms with van der Waals surface area (Å²) in [5, 5.41) is 34.0. The first-order chi connectivity index (χ1) is 27.5. The summed E-state index contributed by atoms with van der Waals surface area (Å²) in [6.45, 7) is 9.14. The first-order valence-electron chi connectivity index (χ1n) is 20.2. The Kier molecular flexibility index (Phi) is 17.8. The first kappa shape index (κ1) is 43.9. The third-order valence-electron chi connectivity index (χ3n) is 11.1. The number of halogens is 1. The van der Waals surface area contributed by atoms with E-state index in [0.29, 0.717) is 49.7 Å². The Morgan fingerprint density at radius 1 is 1.02 bits per heavy atom. The van der Waals surface area contributed by atoms with Crippen molar-refractivity contribution in [1.29, 1.82) is 0 Å². The predicted octanol–water partition coefficient (Wildman–Crippen LogP) is 6.10. The first-order valence-corrected chi connectivity index (χ1v) is 20.8. The molecule has 14 heteroatoms. The number of allylic oxidation sites excluding steroid dienone is 1. The quantitative estimate of drug-likeness (QED) is 0.0480. The summed E-state index contributed by atoms with van der Waals surface area (Å²) in [6, 6.07) is 4.99. The van der Waals surface area contributed by atoms with Crippen LogP contribution in [-0.2, 0) is 23.8 Å². The minimum absolute atomic E-state index is 0.0124. The molecule has 0 radical (unpaired) electrons. The van der Waals surface area contributed by atoms with Crippen LogP contribution in [0.15, 0.2) is 60.3 Å². The molecule has 7 unspecified atom stereocenters. The molecule has 1 saturated heterocycles. The van der Waals surface area contributed by atoms with Crippen molar-refractivity contribution in [2.75, 3.05) is 71.9 Å². The highest BCUT2D eigenvalue weighted by Gasteiger charge is 2.65. The van der Waals surface area contributed by atoms with Crippen LogP contribution < -0.4 is 9.47 Å². The fourth-order valence-corrected chi connectivity index (χ4v) is 8.80. The van der Waals surface area contributed by atoms with Crippen molar-refractivity contribution in [2.24, 2.45) is 22.9 Å². The minimum atomic E-state index is -1.47. The van der Waals surface area contributed by atoms with Gasteiger partial charge in [-0.3, -0.25) is 4.90 Å². The average molecular weight is 805 g/mol. The molecule has 2 aliphatic carbocycles. The topological polar surface area (TPSA) is 158 Å². The maximum atomic E-state index is 14.2. The van der Waals surface area contributed by atoms with E-state index in [0.717, 1.165) is 49.7 Å². The van der Waals surface area contributed by atoms with E-state index in [1.54, 1.807) is 17.1 Å². The number of rotatable bonds is 24. The zero-order valence-corrected chi connectivity index (χ0v) is 33.3. The van der Waals surface area contributed by atoms with Gasteiger partial charge in [0.15, 0.2) is 0 Å². The van der Waals surface area contributed by atoms with Gasteiger partial charge in [-0.2, -0.15) is 0 Å². The molecule has 3 N–H and O–H groups in total. The number of aliphatic hydroxyl groups excluding tert-OH is 3. The van der Waals surface area contributed by atoms with Gasteiger partial charge in [0.05, 0.1) is 50.5 Å². The Morgan fingerprint density at radius 2 is 1.82 bits per heavy atom. The molecular formula is C42H61ClN2O11. The minimum Gasteiger partial charge on any atom is -0.490 e. The second-order valence-corrected chi connectivity index (χ2v) is 15.0. The second kappa shape index (κ2) is 22.7. The van der Waals surface area contributed by atoms with E-state index in [4.69, 9.17) is 50.0 Å². The normalized spacial score (nSPS) is 27.3. The monoisotopic (exact) mass is 804 g/mol. The number of hydrogen-bond acceptors (Lipinski definition) is 12. The standard InChI is InChI=1S/C42H61ClN2O11/c1-3-21-51-31-14-15-36-34(28-31)39-32(12-6-9-19-47)30(11-5-8-18-46)27-33-35(44-56-38-13-7-10-23-52-38)29-37(42(55-36,40(33)39)54-22-4-2)45(17-25-50-26-20-48)41(49)53-24-16-43/h3-4,14-15,27-28,30,32,37-40,46-48H,1-2,5-13,16-26,29H2. The van der Waals surface area contributed by atoms with Gasteiger partial charge in [0.2, 0.25) is 12.1 Å². The summed E-state index contributed by atoms with van der Waals surface area (Å²) in [5.41, 5.74) is 2.50. The van der Waals surface area contributed by atoms with E-state index in [1.807, 2.05) is 18.2 Å². The largest absolute Gasteiger partial charge is 0.490 e. The molecule has 2 fully saturated rings. The highest BCUT2D eigenvalue weighted by Crippen LogP contribution is 2.62. The smallest absolute Gasteiger partial charge is 0.410 e. The lowest BCUT2D eigenvalue weighted by atomic mass is 9.55. The second-order valence-electron chi connectivity index (χ2n) is 14.6. The van der Waals surface area contributed by atoms with Crippen molar-refractivity contribution < 1.29 is 53.4 Å². The summed E-state index contributed by atoms with van der Waals surface area (Å²) in [4.78, 5) is 21.9. The lowest BCUT2D eigenvalue weighted by Crippen LogP contribution is -2.70. The number of carbonyl (C=O) groups excluding carboxylic acids is 1. The summed E-state index contributed by atoms with van der Waals surface area (Å²) >= 11 is 6.01. The zero-order valence-electron chi connectivity index (χ0n) is 32.6. The maximum absolute atomic E-state index is 14.2. The van der Waals surface area contributed by atoms with Gasteiger partial charge in [-0.1, -0.05) is 42.8 Å². The highest BCUT2D eigenvalue weighted by molar-refractivity contribution is 6.18. The molecule has 4 aliphatic rings. The van der Waals surface area contributed by atoms with Crippen LogP contribution in [0.1, 0.15) is 75.7 Å². The Morgan fingerprint density at radius 3 is 2.54 bits per heavy atom. The third-order valence-corrected chi connectivity index (χ3v) is 11.2. The number of fused-ring (bicyclic) bond motifs is 2. The van der Waals surface area contributed by atoms with E-state index >= 15 is 0 Å². The van der Waals surface area contributed by atoms with Crippen molar-refractivity contribution in [1.82, 2.24) is 4.90 Å². The lowest BCUT2D eigenvalue weighted by molar-refractivity contribution is -0.256. The number of unbranched alkanes of at least 4 members (excludes halogenated alkanes) is 2. The van der Waals surface area contributed by atoms with Crippen molar-refractivity contribution in [3.63, 3.8) is 0 Å². The lowest BCUT2D eigenvalue weighted by Gasteiger charge is -2.59. The van der Waals surface area contributed by atoms with E-state index in [-0.39, 0.29) is 82.8 Å². The number of hydrogen-bond donors (Lipinski definition) is 3. The third kappa shape index (κ3) is 10.7. The number of oxime groups is 1. The Hall–Kier alpha value is -3.17. The van der Waals surface area contributed by atoms with Gasteiger partial charge in [-0.15, -0.1) is 18.2 Å². The SMILES string of the molecule is C=CCOc1ccc2c(c1)C1C(CCCCO)C(CCCCO)C=C3C(=NOC4CCCCO4)CC(N(CCOCCO)C(=O)OCCCl)C(OCC=C)(O2)C31. The van der Waals surface area contributed by atoms with Gasteiger partial charge in [-0.05, 0) is 74.1 Å². The van der Waals surface area contributed by atoms with E-state index in [9.17, 15) is 20.1 Å². The summed E-state index contributed by atoms with van der Waals surface area (Å²) in [5.74, 6) is -0.703. The highest BCUT2D eigenvalue weighted by atomic mass is 35.5. The number of benzene rings is 1. The van der Waals surface area contributed by atoms with Crippen LogP contribution in [0, 0.1) is 17.8 Å². The van der Waals surface area contributed by atoms with E-state index < -0.39 is 30.1 Å². The van der Waals surface area contributed by atoms with Crippen LogP contribution in [0.2, 0.25) is 0 Å². The summed E-state index contributed by atoms with van der Waals surface area (Å²) in [7, 11) is 0. The van der Waals surface area contributed by atoms with Crippen LogP contribution in [0.4, 0.5) is 4.79 Å². The van der Waals surface area contributed by atoms with Gasteiger partial charge in [0.1, 0.15) is 30.8 Å². The molecule has 7 atom stereocenters. The van der Waals surface area contributed by atoms with Crippen molar-refractivity contribution in [3.05, 3.63) is 60.7 Å². The Balaban J connectivity index is 1.75. The molecule has 5 rings (SSSR count). The molecule has 2 aliphatic heterocycles. The fourth-order valence-electron chi connectivity index (χ4n) is 8.72. The number of nitrogens with zero attached hydrogens (tertiary/aromatic N) is 2. The van der Waals surface area contributed by atoms with E-state index in [1.165, 1.54) is 0 Å². The number of carbonyl (C=O) groups is 1. The van der Waals surface area contributed by atoms with Crippen LogP contribution in [0.3, 0.4) is 0 Å². The number of aliphatic hydroxyl groups is 3. The molecule has 0 spiro atoms. The molecule has 1 aromatic carbocycles. The van der Waals surface area contributed by atoms with Crippen molar-refractivity contribution in [3.8, 4) is 11.5 Å². The Bertz CT molecular complexity index is 1470. The van der Waals surface area contributed by atoms with Crippen molar-refractivity contribution in [2.45, 2.75) is 88.2 Å². The molecule has 0 bridgehead atoms. The van der Waals surface area contributed by atoms with Gasteiger partial charge in [0.25, 0.3) is 0 Å². The van der Waals surface area contributed by atoms with Crippen molar-refractivity contribution >= 4 is 23.4 Å². The zero-order chi connectivity index (χ0) is 39.8. The Labute approximate surface area is 336 Å².